The van der Waals surface area contributed by atoms with Crippen LogP contribution in [0.2, 0.25) is 0 Å². The summed E-state index contributed by atoms with van der Waals surface area (Å²) in [6, 6.07) is 0. The predicted octanol–water partition coefficient (Wildman–Crippen LogP) is 4.42. The summed E-state index contributed by atoms with van der Waals surface area (Å²) in [4.78, 5) is 11.1. The van der Waals surface area contributed by atoms with Gasteiger partial charge in [0.05, 0.1) is 7.11 Å². The molecular weight excluding hydrogens is 256 g/mol. The van der Waals surface area contributed by atoms with E-state index >= 15 is 0 Å². The third-order valence-corrected chi connectivity index (χ3v) is 4.55. The lowest BCUT2D eigenvalue weighted by molar-refractivity contribution is -0.0325. The van der Waals surface area contributed by atoms with Crippen LogP contribution in [0.5, 0.6) is 0 Å². The Hall–Kier alpha value is -0.770. The van der Waals surface area contributed by atoms with Crippen molar-refractivity contribution in [3.63, 3.8) is 0 Å². The monoisotopic (exact) mass is 284 g/mol. The molecule has 0 aromatic carbocycles. The molecule has 20 heavy (non-hydrogen) atoms. The van der Waals surface area contributed by atoms with Gasteiger partial charge in [0.2, 0.25) is 5.79 Å². The van der Waals surface area contributed by atoms with Gasteiger partial charge in [-0.25, -0.2) is 4.79 Å². The topological polar surface area (TPSA) is 48.1 Å². The van der Waals surface area contributed by atoms with Crippen molar-refractivity contribution >= 4 is 6.16 Å². The van der Waals surface area contributed by atoms with Gasteiger partial charge in [0.25, 0.3) is 0 Å². The Bertz CT molecular complexity index is 291. The summed E-state index contributed by atoms with van der Waals surface area (Å²) in [6.07, 6.45) is 13.6. The minimum absolute atomic E-state index is 0.519. The molecule has 1 heterocycles. The van der Waals surface area contributed by atoms with Gasteiger partial charge < -0.3 is 14.2 Å². The smallest absolute Gasteiger partial charge is 0.438 e. The molecule has 1 saturated carbocycles. The van der Waals surface area contributed by atoms with Crippen LogP contribution in [-0.4, -0.2) is 25.7 Å². The van der Waals surface area contributed by atoms with Crippen LogP contribution in [0.25, 0.3) is 0 Å². The molecule has 0 spiro atoms. The Morgan fingerprint density at radius 1 is 1.15 bits per heavy atom. The van der Waals surface area contributed by atoms with Gasteiger partial charge in [-0.05, 0) is 12.3 Å². The van der Waals surface area contributed by atoms with Crippen LogP contribution in [0.15, 0.2) is 0 Å². The quantitative estimate of drug-likeness (QED) is 0.411. The highest BCUT2D eigenvalue weighted by Gasteiger charge is 2.49. The second-order valence-electron chi connectivity index (χ2n) is 6.21. The van der Waals surface area contributed by atoms with Crippen molar-refractivity contribution in [1.82, 2.24) is 0 Å². The van der Waals surface area contributed by atoms with Crippen LogP contribution in [0.3, 0.4) is 0 Å². The second-order valence-corrected chi connectivity index (χ2v) is 6.21. The van der Waals surface area contributed by atoms with E-state index in [2.05, 4.69) is 4.74 Å². The predicted molar refractivity (Wildman–Crippen MR) is 76.5 cm³/mol. The van der Waals surface area contributed by atoms with Crippen molar-refractivity contribution < 1.29 is 19.0 Å². The van der Waals surface area contributed by atoms with Gasteiger partial charge in [-0.1, -0.05) is 57.8 Å². The van der Waals surface area contributed by atoms with Gasteiger partial charge >= 0.3 is 6.16 Å². The summed E-state index contributed by atoms with van der Waals surface area (Å²) in [7, 11) is 1.33. The largest absolute Gasteiger partial charge is 0.510 e. The Morgan fingerprint density at radius 2 is 1.80 bits per heavy atom. The fraction of sp³-hybridized carbons (Fsp3) is 0.938. The summed E-state index contributed by atoms with van der Waals surface area (Å²) in [5, 5.41) is 0. The molecule has 1 atom stereocenters. The molecule has 1 aliphatic heterocycles. The molecule has 4 heteroatoms. The molecule has 0 radical (unpaired) electrons. The second kappa shape index (κ2) is 7.87. The van der Waals surface area contributed by atoms with E-state index in [1.165, 1.54) is 64.9 Å². The van der Waals surface area contributed by atoms with Crippen molar-refractivity contribution in [2.75, 3.05) is 13.7 Å². The average molecular weight is 284 g/mol. The van der Waals surface area contributed by atoms with E-state index in [1.54, 1.807) is 0 Å². The summed E-state index contributed by atoms with van der Waals surface area (Å²) in [5.74, 6) is 0.251. The maximum absolute atomic E-state index is 11.1. The molecule has 0 aromatic heterocycles. The lowest BCUT2D eigenvalue weighted by atomic mass is 9.87. The molecule has 0 bridgehead atoms. The van der Waals surface area contributed by atoms with Crippen LogP contribution in [0.1, 0.15) is 70.6 Å². The highest BCUT2D eigenvalue weighted by molar-refractivity contribution is 5.60. The number of ether oxygens (including phenoxy) is 3. The van der Waals surface area contributed by atoms with E-state index in [4.69, 9.17) is 9.47 Å². The molecule has 116 valence electrons. The van der Waals surface area contributed by atoms with Gasteiger partial charge in [-0.3, -0.25) is 0 Å². The third-order valence-electron chi connectivity index (χ3n) is 4.55. The van der Waals surface area contributed by atoms with Gasteiger partial charge in [-0.15, -0.1) is 0 Å². The highest BCUT2D eigenvalue weighted by atomic mass is 16.8. The molecular formula is C16H28O4. The number of unbranched alkanes of at least 4 members (excludes halogenated alkanes) is 1. The summed E-state index contributed by atoms with van der Waals surface area (Å²) in [5.41, 5.74) is 0. The maximum atomic E-state index is 11.1. The average Bonchev–Trinajstić information content (AvgIpc) is 3.16. The fourth-order valence-electron chi connectivity index (χ4n) is 3.19. The molecule has 0 N–H and O–H groups in total. The first-order chi connectivity index (χ1) is 9.74. The van der Waals surface area contributed by atoms with Gasteiger partial charge in [-0.2, -0.15) is 0 Å². The lowest BCUT2D eigenvalue weighted by Crippen LogP contribution is -2.21. The number of hydrogen-bond acceptors (Lipinski definition) is 4. The third kappa shape index (κ3) is 5.31. The number of rotatable bonds is 6. The standard InChI is InChI=1S/C16H28O4/c1-18-15(17)20-16(13-19-16)12-8-7-11-14-9-5-3-2-4-6-10-14/h14H,2-13H2,1H3. The number of carbonyl (C=O) groups is 1. The zero-order valence-electron chi connectivity index (χ0n) is 12.7. The molecule has 4 nitrogen and oxygen atoms in total. The number of epoxide rings is 1. The van der Waals surface area contributed by atoms with Gasteiger partial charge in [0, 0.05) is 6.42 Å². The van der Waals surface area contributed by atoms with Crippen LogP contribution in [-0.2, 0) is 14.2 Å². The van der Waals surface area contributed by atoms with Crippen LogP contribution < -0.4 is 0 Å². The first-order valence-electron chi connectivity index (χ1n) is 8.15. The first-order valence-corrected chi connectivity index (χ1v) is 8.15. The maximum Gasteiger partial charge on any atom is 0.510 e. The Morgan fingerprint density at radius 3 is 2.40 bits per heavy atom. The molecule has 2 fully saturated rings. The van der Waals surface area contributed by atoms with Crippen molar-refractivity contribution in [3.05, 3.63) is 0 Å². The van der Waals surface area contributed by atoms with E-state index in [9.17, 15) is 4.79 Å². The molecule has 0 amide bonds. The van der Waals surface area contributed by atoms with Crippen molar-refractivity contribution in [2.24, 2.45) is 5.92 Å². The van der Waals surface area contributed by atoms with Crippen molar-refractivity contribution in [1.29, 1.82) is 0 Å². The summed E-state index contributed by atoms with van der Waals surface area (Å²) in [6.45, 7) is 0.519. The van der Waals surface area contributed by atoms with E-state index in [0.717, 1.165) is 18.8 Å². The van der Waals surface area contributed by atoms with Gasteiger partial charge in [0.1, 0.15) is 6.61 Å². The highest BCUT2D eigenvalue weighted by Crippen LogP contribution is 2.35. The molecule has 1 unspecified atom stereocenters. The molecule has 1 saturated heterocycles. The van der Waals surface area contributed by atoms with Crippen LogP contribution in [0.4, 0.5) is 4.79 Å². The Kier molecular flexibility index (Phi) is 6.14. The number of carbonyl (C=O) groups excluding carboxylic acids is 1. The SMILES string of the molecule is COC(=O)OC1(CCCCC2CCCCCCC2)CO1. The molecule has 1 aliphatic carbocycles. The van der Waals surface area contributed by atoms with Crippen LogP contribution >= 0.6 is 0 Å². The minimum atomic E-state index is -0.659. The van der Waals surface area contributed by atoms with E-state index < -0.39 is 11.9 Å². The van der Waals surface area contributed by atoms with E-state index in [-0.39, 0.29) is 0 Å². The van der Waals surface area contributed by atoms with E-state index in [0.29, 0.717) is 6.61 Å². The van der Waals surface area contributed by atoms with Crippen LogP contribution in [0, 0.1) is 5.92 Å². The molecule has 2 aliphatic rings. The summed E-state index contributed by atoms with van der Waals surface area (Å²) < 4.78 is 14.9. The fourth-order valence-corrected chi connectivity index (χ4v) is 3.19. The number of methoxy groups -OCH3 is 1. The molecule has 0 aromatic rings. The van der Waals surface area contributed by atoms with E-state index in [1.807, 2.05) is 0 Å². The molecule has 2 rings (SSSR count). The summed E-state index contributed by atoms with van der Waals surface area (Å²) >= 11 is 0. The Labute approximate surface area is 122 Å². The zero-order chi connectivity index (χ0) is 14.3. The minimum Gasteiger partial charge on any atom is -0.438 e. The first kappa shape index (κ1) is 15.6. The normalized spacial score (nSPS) is 27.4. The Balaban J connectivity index is 1.57. The van der Waals surface area contributed by atoms with Gasteiger partial charge in [0.15, 0.2) is 0 Å². The lowest BCUT2D eigenvalue weighted by Gasteiger charge is -2.19. The van der Waals surface area contributed by atoms with Crippen molar-refractivity contribution in [3.8, 4) is 0 Å². The number of hydrogen-bond donors (Lipinski definition) is 0. The zero-order valence-corrected chi connectivity index (χ0v) is 12.7. The van der Waals surface area contributed by atoms with Crippen molar-refractivity contribution in [2.45, 2.75) is 76.4 Å².